The van der Waals surface area contributed by atoms with E-state index in [1.807, 2.05) is 28.9 Å². The molecule has 1 aromatic carbocycles. The second-order valence-electron chi connectivity index (χ2n) is 6.01. The van der Waals surface area contributed by atoms with E-state index >= 15 is 0 Å². The van der Waals surface area contributed by atoms with Gasteiger partial charge in [0.2, 0.25) is 5.95 Å². The van der Waals surface area contributed by atoms with Gasteiger partial charge < -0.3 is 15.0 Å². The first-order chi connectivity index (χ1) is 11.2. The van der Waals surface area contributed by atoms with E-state index in [-0.39, 0.29) is 0 Å². The molecule has 8 heteroatoms. The quantitative estimate of drug-likeness (QED) is 0.710. The topological polar surface area (TPSA) is 93.7 Å². The van der Waals surface area contributed by atoms with Crippen molar-refractivity contribution in [2.75, 3.05) is 11.9 Å². The molecule has 0 radical (unpaired) electrons. The summed E-state index contributed by atoms with van der Waals surface area (Å²) in [5, 5.41) is 24.8. The van der Waals surface area contributed by atoms with Crippen molar-refractivity contribution in [1.29, 1.82) is 0 Å². The fourth-order valence-electron chi connectivity index (χ4n) is 2.67. The van der Waals surface area contributed by atoms with Crippen LogP contribution in [0.3, 0.4) is 0 Å². The molecular weight excluding hydrogens is 294 g/mol. The zero-order valence-electron chi connectivity index (χ0n) is 12.9. The van der Waals surface area contributed by atoms with E-state index in [1.54, 1.807) is 6.92 Å². The number of aliphatic hydroxyl groups is 1. The Balaban J connectivity index is 1.71. The van der Waals surface area contributed by atoms with Crippen molar-refractivity contribution >= 4 is 17.0 Å². The summed E-state index contributed by atoms with van der Waals surface area (Å²) in [4.78, 5) is 4.62. The Hall–Kier alpha value is -2.48. The number of imidazole rings is 1. The van der Waals surface area contributed by atoms with Crippen molar-refractivity contribution in [3.8, 4) is 0 Å². The van der Waals surface area contributed by atoms with Gasteiger partial charge in [-0.25, -0.2) is 9.67 Å². The van der Waals surface area contributed by atoms with E-state index in [9.17, 15) is 5.11 Å². The Bertz CT molecular complexity index is 818. The minimum atomic E-state index is -0.444. The van der Waals surface area contributed by atoms with Crippen molar-refractivity contribution < 1.29 is 5.11 Å². The Morgan fingerprint density at radius 2 is 2.17 bits per heavy atom. The summed E-state index contributed by atoms with van der Waals surface area (Å²) in [6.45, 7) is 2.73. The average Bonchev–Trinajstić information content (AvgIpc) is 3.18. The first-order valence-electron chi connectivity index (χ1n) is 7.86. The highest BCUT2D eigenvalue weighted by molar-refractivity contribution is 5.78. The molecule has 1 aliphatic carbocycles. The van der Waals surface area contributed by atoms with Crippen molar-refractivity contribution in [2.45, 2.75) is 38.5 Å². The standard InChI is InChI=1S/C15H19N7O/c1-10(23)8-16-15-17-12-4-2-3-5-13(12)21(15)9-14-18-19-20-22(14)11-6-7-11/h2-5,10-11,23H,6-9H2,1H3,(H,16,17). The summed E-state index contributed by atoms with van der Waals surface area (Å²) < 4.78 is 3.97. The minimum Gasteiger partial charge on any atom is -0.392 e. The highest BCUT2D eigenvalue weighted by atomic mass is 16.3. The summed E-state index contributed by atoms with van der Waals surface area (Å²) in [6, 6.07) is 8.39. The van der Waals surface area contributed by atoms with Gasteiger partial charge in [0.25, 0.3) is 0 Å². The van der Waals surface area contributed by atoms with Crippen LogP contribution in [0.4, 0.5) is 5.95 Å². The molecular formula is C15H19N7O. The Morgan fingerprint density at radius 1 is 1.35 bits per heavy atom. The lowest BCUT2D eigenvalue weighted by Crippen LogP contribution is -2.19. The summed E-state index contributed by atoms with van der Waals surface area (Å²) in [7, 11) is 0. The SMILES string of the molecule is CC(O)CNc1nc2ccccc2n1Cc1nnnn1C1CC1. The van der Waals surface area contributed by atoms with Crippen molar-refractivity contribution in [1.82, 2.24) is 29.8 Å². The fourth-order valence-corrected chi connectivity index (χ4v) is 2.67. The first kappa shape index (κ1) is 14.1. The summed E-state index contributed by atoms with van der Waals surface area (Å²) in [6.07, 6.45) is 1.83. The largest absolute Gasteiger partial charge is 0.392 e. The van der Waals surface area contributed by atoms with Crippen LogP contribution in [0.1, 0.15) is 31.6 Å². The van der Waals surface area contributed by atoms with Gasteiger partial charge in [0.05, 0.1) is 29.7 Å². The normalized spacial score (nSPS) is 15.9. The van der Waals surface area contributed by atoms with Crippen molar-refractivity contribution in [3.63, 3.8) is 0 Å². The molecule has 2 aromatic heterocycles. The van der Waals surface area contributed by atoms with Crippen LogP contribution < -0.4 is 5.32 Å². The van der Waals surface area contributed by atoms with E-state index < -0.39 is 6.10 Å². The maximum Gasteiger partial charge on any atom is 0.204 e. The number of anilines is 1. The second kappa shape index (κ2) is 5.62. The predicted molar refractivity (Wildman–Crippen MR) is 85.1 cm³/mol. The molecule has 0 saturated heterocycles. The van der Waals surface area contributed by atoms with Gasteiger partial charge in [-0.1, -0.05) is 12.1 Å². The van der Waals surface area contributed by atoms with Crippen molar-refractivity contribution in [3.05, 3.63) is 30.1 Å². The lowest BCUT2D eigenvalue weighted by Gasteiger charge is -2.11. The number of rotatable bonds is 6. The zero-order chi connectivity index (χ0) is 15.8. The Morgan fingerprint density at radius 3 is 2.96 bits per heavy atom. The first-order valence-corrected chi connectivity index (χ1v) is 7.86. The highest BCUT2D eigenvalue weighted by Crippen LogP contribution is 2.34. The molecule has 4 rings (SSSR count). The second-order valence-corrected chi connectivity index (χ2v) is 6.01. The van der Waals surface area contributed by atoms with Crippen LogP contribution in [-0.4, -0.2) is 47.5 Å². The number of nitrogens with zero attached hydrogens (tertiary/aromatic N) is 6. The number of aromatic nitrogens is 6. The molecule has 1 atom stereocenters. The third kappa shape index (κ3) is 2.77. The zero-order valence-corrected chi connectivity index (χ0v) is 12.9. The van der Waals surface area contributed by atoms with Gasteiger partial charge >= 0.3 is 0 Å². The Labute approximate surface area is 133 Å². The van der Waals surface area contributed by atoms with Crippen LogP contribution in [0.2, 0.25) is 0 Å². The van der Waals surface area contributed by atoms with Crippen molar-refractivity contribution in [2.24, 2.45) is 0 Å². The van der Waals surface area contributed by atoms with Gasteiger partial charge in [-0.2, -0.15) is 0 Å². The maximum absolute atomic E-state index is 9.53. The van der Waals surface area contributed by atoms with Gasteiger partial charge in [0, 0.05) is 6.54 Å². The molecule has 0 bridgehead atoms. The number of tetrazole rings is 1. The molecule has 1 aliphatic rings. The summed E-state index contributed by atoms with van der Waals surface area (Å²) >= 11 is 0. The highest BCUT2D eigenvalue weighted by Gasteiger charge is 2.28. The molecule has 0 spiro atoms. The lowest BCUT2D eigenvalue weighted by atomic mass is 10.3. The van der Waals surface area contributed by atoms with Gasteiger partial charge in [0.1, 0.15) is 0 Å². The molecule has 1 saturated carbocycles. The molecule has 3 aromatic rings. The molecule has 2 heterocycles. The lowest BCUT2D eigenvalue weighted by molar-refractivity contribution is 0.208. The number of hydrogen-bond donors (Lipinski definition) is 2. The molecule has 8 nitrogen and oxygen atoms in total. The van der Waals surface area contributed by atoms with Crippen LogP contribution in [-0.2, 0) is 6.54 Å². The number of fused-ring (bicyclic) bond motifs is 1. The van der Waals surface area contributed by atoms with Crippen LogP contribution in [0.25, 0.3) is 11.0 Å². The smallest absolute Gasteiger partial charge is 0.204 e. The number of hydrogen-bond acceptors (Lipinski definition) is 6. The minimum absolute atomic E-state index is 0.434. The number of para-hydroxylation sites is 2. The maximum atomic E-state index is 9.53. The van der Waals surface area contributed by atoms with E-state index in [1.165, 1.54) is 0 Å². The molecule has 1 fully saturated rings. The van der Waals surface area contributed by atoms with Gasteiger partial charge in [-0.3, -0.25) is 0 Å². The van der Waals surface area contributed by atoms with Crippen LogP contribution >= 0.6 is 0 Å². The molecule has 2 N–H and O–H groups in total. The van der Waals surface area contributed by atoms with Crippen LogP contribution in [0.15, 0.2) is 24.3 Å². The monoisotopic (exact) mass is 313 g/mol. The third-order valence-electron chi connectivity index (χ3n) is 3.96. The predicted octanol–water partition coefficient (Wildman–Crippen LogP) is 1.20. The average molecular weight is 313 g/mol. The van der Waals surface area contributed by atoms with E-state index in [4.69, 9.17) is 0 Å². The van der Waals surface area contributed by atoms with Gasteiger partial charge in [-0.15, -0.1) is 5.10 Å². The molecule has 0 aliphatic heterocycles. The molecule has 120 valence electrons. The van der Waals surface area contributed by atoms with E-state index in [0.717, 1.165) is 35.6 Å². The number of benzene rings is 1. The molecule has 23 heavy (non-hydrogen) atoms. The van der Waals surface area contributed by atoms with Gasteiger partial charge in [0.15, 0.2) is 5.82 Å². The number of aliphatic hydroxyl groups excluding tert-OH is 1. The summed E-state index contributed by atoms with van der Waals surface area (Å²) in [5.74, 6) is 1.55. The number of nitrogens with one attached hydrogen (secondary N) is 1. The third-order valence-corrected chi connectivity index (χ3v) is 3.96. The molecule has 1 unspecified atom stereocenters. The molecule has 0 amide bonds. The van der Waals surface area contributed by atoms with E-state index in [2.05, 4.69) is 30.4 Å². The Kier molecular flexibility index (Phi) is 3.45. The van der Waals surface area contributed by atoms with Gasteiger partial charge in [-0.05, 0) is 42.3 Å². The van der Waals surface area contributed by atoms with E-state index in [0.29, 0.717) is 19.1 Å². The van der Waals surface area contributed by atoms with Crippen LogP contribution in [0, 0.1) is 0 Å². The fraction of sp³-hybridized carbons (Fsp3) is 0.467. The van der Waals surface area contributed by atoms with Crippen LogP contribution in [0.5, 0.6) is 0 Å². The summed E-state index contributed by atoms with van der Waals surface area (Å²) in [5.41, 5.74) is 1.93.